The Balaban J connectivity index is 2.15. The average Bonchev–Trinajstić information content (AvgIpc) is 2.39. The zero-order valence-corrected chi connectivity index (χ0v) is 11.8. The predicted octanol–water partition coefficient (Wildman–Crippen LogP) is 0.305. The van der Waals surface area contributed by atoms with Gasteiger partial charge in [0, 0.05) is 44.0 Å². The molecule has 0 atom stereocenters. The Hall–Kier alpha value is -1.17. The SMILES string of the molecule is Cc1cc(C)c(CO)c(N2CCN(CCO)CC2)n1. The molecule has 0 aliphatic carbocycles. The second-order valence-electron chi connectivity index (χ2n) is 5.09. The third kappa shape index (κ3) is 3.23. The third-order valence-corrected chi connectivity index (χ3v) is 3.70. The summed E-state index contributed by atoms with van der Waals surface area (Å²) < 4.78 is 0. The Morgan fingerprint density at radius 3 is 2.42 bits per heavy atom. The fourth-order valence-electron chi connectivity index (χ4n) is 2.63. The van der Waals surface area contributed by atoms with Gasteiger partial charge in [-0.05, 0) is 25.5 Å². The summed E-state index contributed by atoms with van der Waals surface area (Å²) in [4.78, 5) is 9.08. The van der Waals surface area contributed by atoms with Crippen LogP contribution in [0.5, 0.6) is 0 Å². The zero-order valence-electron chi connectivity index (χ0n) is 11.8. The lowest BCUT2D eigenvalue weighted by Crippen LogP contribution is -2.47. The van der Waals surface area contributed by atoms with E-state index in [4.69, 9.17) is 5.11 Å². The number of aliphatic hydroxyl groups is 2. The van der Waals surface area contributed by atoms with Gasteiger partial charge in [0.25, 0.3) is 0 Å². The molecular weight excluding hydrogens is 242 g/mol. The molecular formula is C14H23N3O2. The van der Waals surface area contributed by atoms with Crippen molar-refractivity contribution in [1.29, 1.82) is 0 Å². The molecule has 2 rings (SSSR count). The molecule has 2 N–H and O–H groups in total. The summed E-state index contributed by atoms with van der Waals surface area (Å²) in [6.07, 6.45) is 0. The maximum Gasteiger partial charge on any atom is 0.134 e. The van der Waals surface area contributed by atoms with Crippen LogP contribution in [0, 0.1) is 13.8 Å². The molecule has 106 valence electrons. The fourth-order valence-corrected chi connectivity index (χ4v) is 2.63. The van der Waals surface area contributed by atoms with E-state index in [2.05, 4.69) is 14.8 Å². The van der Waals surface area contributed by atoms with E-state index in [1.54, 1.807) is 0 Å². The van der Waals surface area contributed by atoms with Gasteiger partial charge < -0.3 is 15.1 Å². The van der Waals surface area contributed by atoms with E-state index < -0.39 is 0 Å². The molecule has 19 heavy (non-hydrogen) atoms. The lowest BCUT2D eigenvalue weighted by Gasteiger charge is -2.36. The molecule has 5 heteroatoms. The highest BCUT2D eigenvalue weighted by atomic mass is 16.3. The van der Waals surface area contributed by atoms with Crippen LogP contribution in [0.15, 0.2) is 6.07 Å². The molecule has 5 nitrogen and oxygen atoms in total. The van der Waals surface area contributed by atoms with Crippen LogP contribution in [0.3, 0.4) is 0 Å². The summed E-state index contributed by atoms with van der Waals surface area (Å²) in [6, 6.07) is 2.01. The molecule has 0 radical (unpaired) electrons. The number of pyridine rings is 1. The van der Waals surface area contributed by atoms with E-state index >= 15 is 0 Å². The molecule has 0 amide bonds. The van der Waals surface area contributed by atoms with Crippen LogP contribution in [0.1, 0.15) is 16.8 Å². The van der Waals surface area contributed by atoms with Crippen molar-refractivity contribution >= 4 is 5.82 Å². The van der Waals surface area contributed by atoms with Gasteiger partial charge in [-0.3, -0.25) is 4.90 Å². The van der Waals surface area contributed by atoms with Crippen LogP contribution in [0.25, 0.3) is 0 Å². The highest BCUT2D eigenvalue weighted by molar-refractivity contribution is 5.51. The Kier molecular flexibility index (Phi) is 4.74. The number of rotatable bonds is 4. The monoisotopic (exact) mass is 265 g/mol. The average molecular weight is 265 g/mol. The fraction of sp³-hybridized carbons (Fsp3) is 0.643. The minimum absolute atomic E-state index is 0.0330. The summed E-state index contributed by atoms with van der Waals surface area (Å²) in [5.41, 5.74) is 3.02. The molecule has 1 saturated heterocycles. The molecule has 0 spiro atoms. The second kappa shape index (κ2) is 6.32. The quantitative estimate of drug-likeness (QED) is 0.820. The summed E-state index contributed by atoms with van der Waals surface area (Å²) in [7, 11) is 0. The van der Waals surface area contributed by atoms with E-state index in [9.17, 15) is 5.11 Å². The Bertz CT molecular complexity index is 429. The highest BCUT2D eigenvalue weighted by Crippen LogP contribution is 2.23. The normalized spacial score (nSPS) is 16.9. The van der Waals surface area contributed by atoms with Crippen molar-refractivity contribution < 1.29 is 10.2 Å². The molecule has 2 heterocycles. The largest absolute Gasteiger partial charge is 0.395 e. The molecule has 0 bridgehead atoms. The van der Waals surface area contributed by atoms with E-state index in [-0.39, 0.29) is 13.2 Å². The standard InChI is InChI=1S/C14H23N3O2/c1-11-9-12(2)15-14(13(11)10-19)17-5-3-16(4-6-17)7-8-18/h9,18-19H,3-8,10H2,1-2H3. The van der Waals surface area contributed by atoms with Crippen molar-refractivity contribution in [1.82, 2.24) is 9.88 Å². The van der Waals surface area contributed by atoms with Crippen molar-refractivity contribution in [3.63, 3.8) is 0 Å². The number of nitrogens with zero attached hydrogens (tertiary/aromatic N) is 3. The number of piperazine rings is 1. The van der Waals surface area contributed by atoms with Gasteiger partial charge in [-0.25, -0.2) is 4.98 Å². The minimum atomic E-state index is 0.0330. The van der Waals surface area contributed by atoms with Gasteiger partial charge in [0.2, 0.25) is 0 Å². The minimum Gasteiger partial charge on any atom is -0.395 e. The van der Waals surface area contributed by atoms with Crippen LogP contribution >= 0.6 is 0 Å². The first-order valence-corrected chi connectivity index (χ1v) is 6.82. The Labute approximate surface area is 114 Å². The number of aryl methyl sites for hydroxylation is 2. The van der Waals surface area contributed by atoms with Crippen LogP contribution in [0.4, 0.5) is 5.82 Å². The molecule has 0 aromatic carbocycles. The molecule has 1 aromatic heterocycles. The van der Waals surface area contributed by atoms with Crippen LogP contribution in [0.2, 0.25) is 0 Å². The van der Waals surface area contributed by atoms with E-state index in [0.29, 0.717) is 0 Å². The number of hydrogen-bond donors (Lipinski definition) is 2. The van der Waals surface area contributed by atoms with Gasteiger partial charge in [-0.2, -0.15) is 0 Å². The lowest BCUT2D eigenvalue weighted by atomic mass is 10.1. The van der Waals surface area contributed by atoms with Gasteiger partial charge in [0.15, 0.2) is 0 Å². The first kappa shape index (κ1) is 14.2. The zero-order chi connectivity index (χ0) is 13.8. The molecule has 0 saturated carbocycles. The van der Waals surface area contributed by atoms with Gasteiger partial charge >= 0.3 is 0 Å². The van der Waals surface area contributed by atoms with Crippen LogP contribution < -0.4 is 4.90 Å². The van der Waals surface area contributed by atoms with Gasteiger partial charge in [0.05, 0.1) is 13.2 Å². The Morgan fingerprint density at radius 2 is 1.84 bits per heavy atom. The van der Waals surface area contributed by atoms with Crippen molar-refractivity contribution in [3.8, 4) is 0 Å². The predicted molar refractivity (Wildman–Crippen MR) is 75.4 cm³/mol. The van der Waals surface area contributed by atoms with Crippen molar-refractivity contribution in [2.75, 3.05) is 44.2 Å². The summed E-state index contributed by atoms with van der Waals surface area (Å²) in [6.45, 7) is 8.63. The lowest BCUT2D eigenvalue weighted by molar-refractivity contribution is 0.188. The molecule has 0 unspecified atom stereocenters. The summed E-state index contributed by atoms with van der Waals surface area (Å²) in [5.74, 6) is 0.920. The topological polar surface area (TPSA) is 59.8 Å². The Morgan fingerprint density at radius 1 is 1.16 bits per heavy atom. The number of hydrogen-bond acceptors (Lipinski definition) is 5. The molecule has 1 fully saturated rings. The van der Waals surface area contributed by atoms with Crippen molar-refractivity contribution in [2.24, 2.45) is 0 Å². The smallest absolute Gasteiger partial charge is 0.134 e. The molecule has 1 aliphatic rings. The summed E-state index contributed by atoms with van der Waals surface area (Å²) in [5, 5.41) is 18.5. The number of anilines is 1. The maximum absolute atomic E-state index is 9.55. The van der Waals surface area contributed by atoms with Gasteiger partial charge in [0.1, 0.15) is 5.82 Å². The first-order valence-electron chi connectivity index (χ1n) is 6.82. The van der Waals surface area contributed by atoms with E-state index in [1.165, 1.54) is 0 Å². The van der Waals surface area contributed by atoms with Gasteiger partial charge in [-0.15, -0.1) is 0 Å². The third-order valence-electron chi connectivity index (χ3n) is 3.70. The van der Waals surface area contributed by atoms with Crippen molar-refractivity contribution in [2.45, 2.75) is 20.5 Å². The first-order chi connectivity index (χ1) is 9.15. The second-order valence-corrected chi connectivity index (χ2v) is 5.09. The van der Waals surface area contributed by atoms with Crippen molar-refractivity contribution in [3.05, 3.63) is 22.9 Å². The number of aliphatic hydroxyl groups excluding tert-OH is 2. The molecule has 1 aliphatic heterocycles. The maximum atomic E-state index is 9.55. The van der Waals surface area contributed by atoms with Crippen LogP contribution in [-0.4, -0.2) is 59.4 Å². The van der Waals surface area contributed by atoms with Gasteiger partial charge in [-0.1, -0.05) is 0 Å². The highest BCUT2D eigenvalue weighted by Gasteiger charge is 2.20. The van der Waals surface area contributed by atoms with E-state index in [1.807, 2.05) is 19.9 Å². The molecule has 1 aromatic rings. The number of β-amino-alcohol motifs (C(OH)–C–C–N with tert-alkyl or cyclic N) is 1. The summed E-state index contributed by atoms with van der Waals surface area (Å²) >= 11 is 0. The number of aromatic nitrogens is 1. The van der Waals surface area contributed by atoms with E-state index in [0.717, 1.165) is 55.4 Å². The van der Waals surface area contributed by atoms with Crippen LogP contribution in [-0.2, 0) is 6.61 Å².